The largest absolute Gasteiger partial charge is 0.310 e. The van der Waals surface area contributed by atoms with E-state index in [-0.39, 0.29) is 5.41 Å². The van der Waals surface area contributed by atoms with Gasteiger partial charge in [-0.1, -0.05) is 147 Å². The molecule has 2 aliphatic rings. The Labute approximate surface area is 316 Å². The smallest absolute Gasteiger partial charge is 0.0540 e. The summed E-state index contributed by atoms with van der Waals surface area (Å²) in [7, 11) is 0. The molecule has 0 aromatic heterocycles. The summed E-state index contributed by atoms with van der Waals surface area (Å²) in [6.45, 7) is 4.77. The van der Waals surface area contributed by atoms with Gasteiger partial charge in [-0.15, -0.1) is 0 Å². The second-order valence-corrected chi connectivity index (χ2v) is 15.3. The Bertz CT molecular complexity index is 2940. The molecule has 11 rings (SSSR count). The average molecular weight is 688 g/mol. The van der Waals surface area contributed by atoms with Gasteiger partial charge in [-0.05, 0) is 138 Å². The summed E-state index contributed by atoms with van der Waals surface area (Å²) in [5, 5.41) is 5.05. The van der Waals surface area contributed by atoms with Crippen LogP contribution in [0.2, 0.25) is 0 Å². The van der Waals surface area contributed by atoms with Crippen LogP contribution in [0.5, 0.6) is 0 Å². The monoisotopic (exact) mass is 687 g/mol. The Kier molecular flexibility index (Phi) is 6.66. The van der Waals surface area contributed by atoms with Gasteiger partial charge < -0.3 is 4.90 Å². The molecule has 0 N–H and O–H groups in total. The lowest BCUT2D eigenvalue weighted by Gasteiger charge is -2.33. The fraction of sp³-hybridized carbons (Fsp3) is 0.0566. The van der Waals surface area contributed by atoms with Crippen molar-refractivity contribution in [2.45, 2.75) is 19.3 Å². The van der Waals surface area contributed by atoms with Crippen LogP contribution in [0.15, 0.2) is 188 Å². The second-order valence-electron chi connectivity index (χ2n) is 15.3. The molecule has 254 valence electrons. The highest BCUT2D eigenvalue weighted by molar-refractivity contribution is 6.14. The van der Waals surface area contributed by atoms with Crippen molar-refractivity contribution in [2.24, 2.45) is 0 Å². The summed E-state index contributed by atoms with van der Waals surface area (Å²) >= 11 is 0. The standard InChI is InChI=1S/C53H37N/c1-53(2)49-20-10-9-18-42(49)43-19-12-22-51(52(43)53)54(41-27-25-36(26-28-41)34-13-5-3-6-14-34)50-21-11-17-39-31-46-45-30-38-24-23-37(35-15-7-4-8-16-35)29-40(38)32-47(45)48(46)33-44(39)50/h3-33H,1-2H3. The maximum absolute atomic E-state index is 2.52. The maximum Gasteiger partial charge on any atom is 0.0540 e. The third-order valence-electron chi connectivity index (χ3n) is 11.9. The summed E-state index contributed by atoms with van der Waals surface area (Å²) < 4.78 is 0. The van der Waals surface area contributed by atoms with Crippen LogP contribution < -0.4 is 4.90 Å². The molecule has 0 atom stereocenters. The third kappa shape index (κ3) is 4.58. The molecule has 0 saturated carbocycles. The lowest BCUT2D eigenvalue weighted by Crippen LogP contribution is -2.20. The van der Waals surface area contributed by atoms with Crippen molar-refractivity contribution in [3.63, 3.8) is 0 Å². The highest BCUT2D eigenvalue weighted by Crippen LogP contribution is 2.56. The molecule has 2 aliphatic carbocycles. The van der Waals surface area contributed by atoms with E-state index in [9.17, 15) is 0 Å². The van der Waals surface area contributed by atoms with Crippen molar-refractivity contribution in [3.05, 3.63) is 199 Å². The Balaban J connectivity index is 1.10. The topological polar surface area (TPSA) is 3.24 Å². The zero-order valence-electron chi connectivity index (χ0n) is 30.3. The van der Waals surface area contributed by atoms with Crippen molar-refractivity contribution in [3.8, 4) is 55.6 Å². The normalized spacial score (nSPS) is 13.1. The van der Waals surface area contributed by atoms with Crippen LogP contribution in [0.4, 0.5) is 17.1 Å². The first-order valence-corrected chi connectivity index (χ1v) is 18.9. The van der Waals surface area contributed by atoms with Crippen LogP contribution in [0, 0.1) is 0 Å². The molecule has 1 nitrogen and oxygen atoms in total. The molecule has 0 unspecified atom stereocenters. The van der Waals surface area contributed by atoms with E-state index >= 15 is 0 Å². The Hall–Kier alpha value is -6.70. The number of hydrogen-bond acceptors (Lipinski definition) is 1. The first-order chi connectivity index (χ1) is 26.5. The second kappa shape index (κ2) is 11.7. The molecule has 0 radical (unpaired) electrons. The number of benzene rings is 9. The van der Waals surface area contributed by atoms with Gasteiger partial charge >= 0.3 is 0 Å². The minimum Gasteiger partial charge on any atom is -0.310 e. The van der Waals surface area contributed by atoms with Gasteiger partial charge in [0.2, 0.25) is 0 Å². The molecular formula is C53H37N. The van der Waals surface area contributed by atoms with Gasteiger partial charge in [0.25, 0.3) is 0 Å². The van der Waals surface area contributed by atoms with E-state index in [1.54, 1.807) is 0 Å². The molecule has 0 amide bonds. The van der Waals surface area contributed by atoms with Gasteiger partial charge in [-0.2, -0.15) is 0 Å². The molecule has 1 heteroatoms. The van der Waals surface area contributed by atoms with Crippen molar-refractivity contribution < 1.29 is 0 Å². The summed E-state index contributed by atoms with van der Waals surface area (Å²) in [6.07, 6.45) is 0. The number of nitrogens with zero attached hydrogens (tertiary/aromatic N) is 1. The van der Waals surface area contributed by atoms with Gasteiger partial charge in [0.1, 0.15) is 0 Å². The summed E-state index contributed by atoms with van der Waals surface area (Å²) in [5.41, 5.74) is 19.0. The van der Waals surface area contributed by atoms with Gasteiger partial charge in [0.15, 0.2) is 0 Å². The first kappa shape index (κ1) is 30.9. The molecule has 54 heavy (non-hydrogen) atoms. The average Bonchev–Trinajstić information content (AvgIpc) is 3.47. The predicted octanol–water partition coefficient (Wildman–Crippen LogP) is 14.8. The molecule has 9 aromatic rings. The summed E-state index contributed by atoms with van der Waals surface area (Å²) in [5.74, 6) is 0. The summed E-state index contributed by atoms with van der Waals surface area (Å²) in [4.78, 5) is 2.52. The van der Waals surface area contributed by atoms with E-state index in [0.717, 1.165) is 5.69 Å². The number of fused-ring (bicyclic) bond motifs is 9. The van der Waals surface area contributed by atoms with Crippen LogP contribution in [0.1, 0.15) is 25.0 Å². The highest BCUT2D eigenvalue weighted by atomic mass is 15.1. The van der Waals surface area contributed by atoms with Crippen molar-refractivity contribution in [2.75, 3.05) is 4.90 Å². The number of hydrogen-bond donors (Lipinski definition) is 0. The van der Waals surface area contributed by atoms with Crippen LogP contribution in [0.3, 0.4) is 0 Å². The first-order valence-electron chi connectivity index (χ1n) is 18.9. The van der Waals surface area contributed by atoms with Crippen LogP contribution in [-0.4, -0.2) is 0 Å². The van der Waals surface area contributed by atoms with Crippen molar-refractivity contribution >= 4 is 38.6 Å². The van der Waals surface area contributed by atoms with Gasteiger partial charge in [0, 0.05) is 16.5 Å². The Morgan fingerprint density at radius 1 is 0.352 bits per heavy atom. The van der Waals surface area contributed by atoms with E-state index in [2.05, 4.69) is 207 Å². The minimum atomic E-state index is -0.169. The lowest BCUT2D eigenvalue weighted by atomic mass is 9.77. The van der Waals surface area contributed by atoms with Gasteiger partial charge in [-0.25, -0.2) is 0 Å². The fourth-order valence-corrected chi connectivity index (χ4v) is 9.29. The van der Waals surface area contributed by atoms with Crippen molar-refractivity contribution in [1.29, 1.82) is 0 Å². The highest BCUT2D eigenvalue weighted by Gasteiger charge is 2.39. The van der Waals surface area contributed by atoms with Crippen molar-refractivity contribution in [1.82, 2.24) is 0 Å². The molecule has 0 saturated heterocycles. The third-order valence-corrected chi connectivity index (χ3v) is 11.9. The van der Waals surface area contributed by atoms with Crippen LogP contribution in [0.25, 0.3) is 77.2 Å². The quantitative estimate of drug-likeness (QED) is 0.174. The van der Waals surface area contributed by atoms with Crippen LogP contribution in [-0.2, 0) is 5.41 Å². The van der Waals surface area contributed by atoms with E-state index in [0.29, 0.717) is 0 Å². The lowest BCUT2D eigenvalue weighted by molar-refractivity contribution is 0.661. The van der Waals surface area contributed by atoms with E-state index in [4.69, 9.17) is 0 Å². The van der Waals surface area contributed by atoms with Crippen LogP contribution >= 0.6 is 0 Å². The van der Waals surface area contributed by atoms with E-state index in [1.165, 1.54) is 99.7 Å². The minimum absolute atomic E-state index is 0.169. The fourth-order valence-electron chi connectivity index (χ4n) is 9.29. The molecule has 0 bridgehead atoms. The Morgan fingerprint density at radius 3 is 1.67 bits per heavy atom. The van der Waals surface area contributed by atoms with Gasteiger partial charge in [-0.3, -0.25) is 0 Å². The molecule has 9 aromatic carbocycles. The molecule has 0 aliphatic heterocycles. The number of anilines is 3. The number of rotatable bonds is 5. The maximum atomic E-state index is 2.52. The summed E-state index contributed by atoms with van der Waals surface area (Å²) in [6, 6.07) is 69.6. The zero-order valence-corrected chi connectivity index (χ0v) is 30.3. The zero-order chi connectivity index (χ0) is 36.0. The van der Waals surface area contributed by atoms with E-state index < -0.39 is 0 Å². The predicted molar refractivity (Wildman–Crippen MR) is 229 cm³/mol. The molecule has 0 fully saturated rings. The molecule has 0 spiro atoms. The Morgan fingerprint density at radius 2 is 0.907 bits per heavy atom. The van der Waals surface area contributed by atoms with E-state index in [1.807, 2.05) is 0 Å². The SMILES string of the molecule is CC1(C)c2ccccc2-c2cccc(N(c3ccc(-c4ccccc4)cc3)c3cccc4cc5c(cc34)-c3cc4cc(-c6ccccc6)ccc4cc3-5)c21. The molecule has 0 heterocycles. The molecular weight excluding hydrogens is 651 g/mol. The van der Waals surface area contributed by atoms with Gasteiger partial charge in [0.05, 0.1) is 11.4 Å².